The van der Waals surface area contributed by atoms with E-state index >= 15 is 0 Å². The number of carbonyl (C=O) groups is 1. The van der Waals surface area contributed by atoms with Gasteiger partial charge in [0.25, 0.3) is 11.6 Å². The Labute approximate surface area is 200 Å². The summed E-state index contributed by atoms with van der Waals surface area (Å²) in [4.78, 5) is 23.3. The van der Waals surface area contributed by atoms with E-state index in [1.165, 1.54) is 25.3 Å². The first-order chi connectivity index (χ1) is 14.0. The number of hydrogen-bond acceptors (Lipinski definition) is 5. The molecule has 0 saturated heterocycles. The first kappa shape index (κ1) is 24.4. The Hall–Kier alpha value is -1.85. The first-order valence-electron chi connectivity index (χ1n) is 8.05. The molecule has 30 heavy (non-hydrogen) atoms. The van der Waals surface area contributed by atoms with Gasteiger partial charge in [-0.3, -0.25) is 14.9 Å². The van der Waals surface area contributed by atoms with Gasteiger partial charge in [0.05, 0.1) is 23.7 Å². The van der Waals surface area contributed by atoms with Crippen LogP contribution < -0.4 is 20.7 Å². The molecule has 0 aromatic heterocycles. The van der Waals surface area contributed by atoms with Crippen molar-refractivity contribution in [3.8, 4) is 5.75 Å². The van der Waals surface area contributed by atoms with Crippen LogP contribution in [0.15, 0.2) is 46.9 Å². The minimum atomic E-state index is -1.99. The predicted octanol–water partition coefficient (Wildman–Crippen LogP) is 4.78. The minimum absolute atomic E-state index is 0.0819. The van der Waals surface area contributed by atoms with Crippen molar-refractivity contribution >= 4 is 85.3 Å². The molecule has 0 heterocycles. The number of nitro groups is 1. The van der Waals surface area contributed by atoms with Crippen LogP contribution in [-0.4, -0.2) is 33.0 Å². The molecular weight excluding hydrogens is 543 g/mol. The van der Waals surface area contributed by atoms with Gasteiger partial charge in [0.2, 0.25) is 3.79 Å². The number of hydrogen-bond donors (Lipinski definition) is 3. The number of nitrogens with one attached hydrogen (secondary N) is 3. The third kappa shape index (κ3) is 6.58. The fraction of sp³-hybridized carbons (Fsp3) is 0.176. The van der Waals surface area contributed by atoms with E-state index in [4.69, 9.17) is 51.8 Å². The summed E-state index contributed by atoms with van der Waals surface area (Å²) in [7, 11) is 1.39. The zero-order chi connectivity index (χ0) is 22.5. The molecule has 3 N–H and O–H groups in total. The van der Waals surface area contributed by atoms with Crippen molar-refractivity contribution in [1.29, 1.82) is 0 Å². The third-order valence-corrected chi connectivity index (χ3v) is 5.21. The lowest BCUT2D eigenvalue weighted by molar-refractivity contribution is -0.384. The lowest BCUT2D eigenvalue weighted by atomic mass is 10.2. The average molecular weight is 557 g/mol. The van der Waals surface area contributed by atoms with Crippen LogP contribution in [-0.2, 0) is 0 Å². The second-order valence-electron chi connectivity index (χ2n) is 5.67. The fourth-order valence-electron chi connectivity index (χ4n) is 2.24. The molecule has 0 aliphatic carbocycles. The summed E-state index contributed by atoms with van der Waals surface area (Å²) in [6.45, 7) is 0. The molecule has 13 heteroatoms. The van der Waals surface area contributed by atoms with Gasteiger partial charge in [-0.1, -0.05) is 46.9 Å². The van der Waals surface area contributed by atoms with Crippen molar-refractivity contribution in [2.24, 2.45) is 0 Å². The van der Waals surface area contributed by atoms with Crippen LogP contribution in [0.1, 0.15) is 10.4 Å². The Morgan fingerprint density at radius 2 is 1.90 bits per heavy atom. The van der Waals surface area contributed by atoms with E-state index in [1.807, 2.05) is 0 Å². The van der Waals surface area contributed by atoms with Crippen LogP contribution in [0.5, 0.6) is 5.75 Å². The average Bonchev–Trinajstić information content (AvgIpc) is 2.67. The predicted molar refractivity (Wildman–Crippen MR) is 125 cm³/mol. The number of carbonyl (C=O) groups excluding carboxylic acids is 1. The van der Waals surface area contributed by atoms with Crippen LogP contribution in [0.25, 0.3) is 0 Å². The molecule has 0 aliphatic rings. The van der Waals surface area contributed by atoms with Crippen LogP contribution in [0.2, 0.25) is 0 Å². The Morgan fingerprint density at radius 1 is 1.23 bits per heavy atom. The third-order valence-electron chi connectivity index (χ3n) is 3.65. The van der Waals surface area contributed by atoms with Crippen molar-refractivity contribution in [2.75, 3.05) is 12.4 Å². The molecule has 0 radical (unpaired) electrons. The quantitative estimate of drug-likeness (QED) is 0.155. The molecule has 0 spiro atoms. The van der Waals surface area contributed by atoms with E-state index in [2.05, 4.69) is 31.9 Å². The maximum atomic E-state index is 12.6. The second-order valence-corrected chi connectivity index (χ2v) is 9.30. The Kier molecular flexibility index (Phi) is 8.51. The maximum Gasteiger partial charge on any atom is 0.296 e. The summed E-state index contributed by atoms with van der Waals surface area (Å²) in [6.07, 6.45) is -1.25. The summed E-state index contributed by atoms with van der Waals surface area (Å²) >= 11 is 26.4. The Morgan fingerprint density at radius 3 is 2.47 bits per heavy atom. The highest BCUT2D eigenvalue weighted by Gasteiger charge is 2.35. The zero-order valence-electron chi connectivity index (χ0n) is 15.1. The van der Waals surface area contributed by atoms with Gasteiger partial charge in [-0.15, -0.1) is 0 Å². The summed E-state index contributed by atoms with van der Waals surface area (Å²) in [5.74, 6) is -0.240. The fourth-order valence-corrected chi connectivity index (χ4v) is 3.26. The Balaban J connectivity index is 2.18. The number of benzene rings is 2. The molecule has 160 valence electrons. The number of amides is 1. The minimum Gasteiger partial charge on any atom is -0.496 e. The molecule has 0 bridgehead atoms. The SMILES string of the molecule is COc1ccc(NC(=S)N[C@H](NC(=O)c2ccccc2Br)C(Cl)(Cl)Cl)c([N+](=O)[O-])c1. The summed E-state index contributed by atoms with van der Waals surface area (Å²) in [6, 6.07) is 10.8. The molecule has 2 aromatic carbocycles. The van der Waals surface area contributed by atoms with Gasteiger partial charge >= 0.3 is 0 Å². The van der Waals surface area contributed by atoms with Crippen molar-refractivity contribution in [2.45, 2.75) is 9.96 Å². The number of alkyl halides is 3. The number of ether oxygens (including phenoxy) is 1. The van der Waals surface area contributed by atoms with Gasteiger partial charge in [0.15, 0.2) is 5.11 Å². The molecule has 0 fully saturated rings. The Bertz CT molecular complexity index is 974. The highest BCUT2D eigenvalue weighted by Crippen LogP contribution is 2.31. The summed E-state index contributed by atoms with van der Waals surface area (Å²) < 4.78 is 3.54. The highest BCUT2D eigenvalue weighted by atomic mass is 79.9. The topological polar surface area (TPSA) is 106 Å². The monoisotopic (exact) mass is 554 g/mol. The number of anilines is 1. The van der Waals surface area contributed by atoms with Crippen molar-refractivity contribution in [3.05, 3.63) is 62.6 Å². The van der Waals surface area contributed by atoms with E-state index < -0.39 is 20.8 Å². The summed E-state index contributed by atoms with van der Waals surface area (Å²) in [5, 5.41) is 19.0. The standard InChI is InChI=1S/C17H14BrCl3N4O4S/c1-29-9-6-7-12(13(8-9)25(27)28)22-16(30)24-15(17(19,20)21)23-14(26)10-4-2-3-5-11(10)18/h2-8,15H,1H3,(H,23,26)(H2,22,24,30)/t15-/m0/s1. The lowest BCUT2D eigenvalue weighted by Crippen LogP contribution is -2.56. The van der Waals surface area contributed by atoms with Crippen molar-refractivity contribution in [3.63, 3.8) is 0 Å². The van der Waals surface area contributed by atoms with E-state index in [-0.39, 0.29) is 16.5 Å². The molecule has 8 nitrogen and oxygen atoms in total. The van der Waals surface area contributed by atoms with Gasteiger partial charge in [-0.2, -0.15) is 0 Å². The lowest BCUT2D eigenvalue weighted by Gasteiger charge is -2.28. The number of nitro benzene ring substituents is 1. The smallest absolute Gasteiger partial charge is 0.296 e. The normalized spacial score (nSPS) is 11.9. The molecule has 0 saturated carbocycles. The van der Waals surface area contributed by atoms with Crippen molar-refractivity contribution < 1.29 is 14.5 Å². The molecule has 2 aromatic rings. The van der Waals surface area contributed by atoms with E-state index in [0.717, 1.165) is 0 Å². The van der Waals surface area contributed by atoms with Gasteiger partial charge in [-0.05, 0) is 52.4 Å². The van der Waals surface area contributed by atoms with E-state index in [9.17, 15) is 14.9 Å². The van der Waals surface area contributed by atoms with Gasteiger partial charge in [0.1, 0.15) is 17.6 Å². The largest absolute Gasteiger partial charge is 0.496 e. The van der Waals surface area contributed by atoms with E-state index in [0.29, 0.717) is 15.8 Å². The molecule has 2 rings (SSSR count). The summed E-state index contributed by atoms with van der Waals surface area (Å²) in [5.41, 5.74) is 0.114. The second kappa shape index (κ2) is 10.5. The molecule has 1 atom stereocenters. The van der Waals surface area contributed by atoms with Crippen LogP contribution in [0.4, 0.5) is 11.4 Å². The van der Waals surface area contributed by atoms with Crippen molar-refractivity contribution in [1.82, 2.24) is 10.6 Å². The number of nitrogens with zero attached hydrogens (tertiary/aromatic N) is 1. The first-order valence-corrected chi connectivity index (χ1v) is 10.4. The highest BCUT2D eigenvalue weighted by molar-refractivity contribution is 9.10. The molecule has 0 aliphatic heterocycles. The molecule has 0 unspecified atom stereocenters. The number of methoxy groups -OCH3 is 1. The van der Waals surface area contributed by atoms with Gasteiger partial charge in [0, 0.05) is 4.47 Å². The van der Waals surface area contributed by atoms with Gasteiger partial charge < -0.3 is 20.7 Å². The van der Waals surface area contributed by atoms with E-state index in [1.54, 1.807) is 24.3 Å². The van der Waals surface area contributed by atoms with Crippen LogP contribution in [0.3, 0.4) is 0 Å². The number of rotatable bonds is 6. The van der Waals surface area contributed by atoms with Crippen LogP contribution in [0, 0.1) is 10.1 Å². The number of thiocarbonyl (C=S) groups is 1. The van der Waals surface area contributed by atoms with Gasteiger partial charge in [-0.25, -0.2) is 0 Å². The maximum absolute atomic E-state index is 12.6. The molecular formula is C17H14BrCl3N4O4S. The number of halogens is 4. The zero-order valence-corrected chi connectivity index (χ0v) is 19.8. The molecule has 1 amide bonds. The van der Waals surface area contributed by atoms with Crippen LogP contribution >= 0.6 is 63.0 Å².